The number of carbonyl (C=O) groups is 2. The number of rotatable bonds is 11. The lowest BCUT2D eigenvalue weighted by Gasteiger charge is -2.15. The van der Waals surface area contributed by atoms with Crippen molar-refractivity contribution in [2.45, 2.75) is 32.7 Å². The van der Waals surface area contributed by atoms with E-state index in [9.17, 15) is 18.4 Å². The zero-order chi connectivity index (χ0) is 21.9. The predicted molar refractivity (Wildman–Crippen MR) is 109 cm³/mol. The summed E-state index contributed by atoms with van der Waals surface area (Å²) in [4.78, 5) is 24.1. The minimum absolute atomic E-state index is 0.0122. The molecule has 0 aliphatic rings. The highest BCUT2D eigenvalue weighted by molar-refractivity contribution is 5.96. The Bertz CT molecular complexity index is 844. The van der Waals surface area contributed by atoms with Crippen LogP contribution in [0.4, 0.5) is 8.78 Å². The fourth-order valence-electron chi connectivity index (χ4n) is 2.47. The van der Waals surface area contributed by atoms with Gasteiger partial charge in [-0.2, -0.15) is 0 Å². The standard InChI is InChI=1S/C22H26F2N2O4/c1-3-4-11-29-18-8-5-16(6-9-18)22(28)25-13-21(27)26-15(2)14-30-20-10-7-17(23)12-19(20)24/h5-10,12,15H,3-4,11,13-14H2,1-2H3,(H,25,28)(H,26,27). The Morgan fingerprint density at radius 1 is 1.07 bits per heavy atom. The molecule has 2 N–H and O–H groups in total. The minimum Gasteiger partial charge on any atom is -0.494 e. The topological polar surface area (TPSA) is 76.7 Å². The smallest absolute Gasteiger partial charge is 0.251 e. The molecule has 6 nitrogen and oxygen atoms in total. The SMILES string of the molecule is CCCCOc1ccc(C(=O)NCC(=O)NC(C)COc2ccc(F)cc2F)cc1. The average Bonchev–Trinajstić information content (AvgIpc) is 2.72. The van der Waals surface area contributed by atoms with E-state index in [0.29, 0.717) is 17.9 Å². The Morgan fingerprint density at radius 2 is 1.80 bits per heavy atom. The van der Waals surface area contributed by atoms with Crippen molar-refractivity contribution in [1.29, 1.82) is 0 Å². The summed E-state index contributed by atoms with van der Waals surface area (Å²) in [5, 5.41) is 5.16. The quantitative estimate of drug-likeness (QED) is 0.546. The first-order valence-electron chi connectivity index (χ1n) is 9.77. The van der Waals surface area contributed by atoms with Crippen molar-refractivity contribution in [2.24, 2.45) is 0 Å². The summed E-state index contributed by atoms with van der Waals surface area (Å²) in [7, 11) is 0. The number of hydrogen-bond donors (Lipinski definition) is 2. The Morgan fingerprint density at radius 3 is 2.47 bits per heavy atom. The lowest BCUT2D eigenvalue weighted by molar-refractivity contribution is -0.120. The lowest BCUT2D eigenvalue weighted by Crippen LogP contribution is -2.43. The van der Waals surface area contributed by atoms with Gasteiger partial charge in [-0.1, -0.05) is 13.3 Å². The highest BCUT2D eigenvalue weighted by Crippen LogP contribution is 2.17. The average molecular weight is 420 g/mol. The maximum atomic E-state index is 13.5. The van der Waals surface area contributed by atoms with E-state index in [1.54, 1.807) is 31.2 Å². The van der Waals surface area contributed by atoms with Crippen LogP contribution in [-0.4, -0.2) is 37.6 Å². The van der Waals surface area contributed by atoms with Gasteiger partial charge in [0.2, 0.25) is 5.91 Å². The molecule has 0 saturated carbocycles. The normalized spacial score (nSPS) is 11.5. The van der Waals surface area contributed by atoms with E-state index in [0.717, 1.165) is 25.0 Å². The molecule has 8 heteroatoms. The Balaban J connectivity index is 1.72. The van der Waals surface area contributed by atoms with Crippen molar-refractivity contribution < 1.29 is 27.8 Å². The van der Waals surface area contributed by atoms with Crippen LogP contribution in [-0.2, 0) is 4.79 Å². The van der Waals surface area contributed by atoms with Gasteiger partial charge in [0.1, 0.15) is 18.2 Å². The summed E-state index contributed by atoms with van der Waals surface area (Å²) >= 11 is 0. The van der Waals surface area contributed by atoms with Crippen LogP contribution >= 0.6 is 0 Å². The molecule has 0 spiro atoms. The number of hydrogen-bond acceptors (Lipinski definition) is 4. The van der Waals surface area contributed by atoms with Crippen LogP contribution in [0.2, 0.25) is 0 Å². The Labute approximate surface area is 174 Å². The summed E-state index contributed by atoms with van der Waals surface area (Å²) in [6.07, 6.45) is 2.00. The van der Waals surface area contributed by atoms with E-state index in [1.807, 2.05) is 0 Å². The molecule has 30 heavy (non-hydrogen) atoms. The zero-order valence-corrected chi connectivity index (χ0v) is 17.0. The first-order valence-corrected chi connectivity index (χ1v) is 9.77. The number of halogens is 2. The van der Waals surface area contributed by atoms with E-state index in [2.05, 4.69) is 17.6 Å². The van der Waals surface area contributed by atoms with E-state index in [1.165, 1.54) is 6.07 Å². The molecule has 0 saturated heterocycles. The lowest BCUT2D eigenvalue weighted by atomic mass is 10.2. The van der Waals surface area contributed by atoms with E-state index in [-0.39, 0.29) is 24.8 Å². The molecule has 0 heterocycles. The molecule has 2 aromatic rings. The second-order valence-corrected chi connectivity index (χ2v) is 6.76. The van der Waals surface area contributed by atoms with Crippen molar-refractivity contribution in [2.75, 3.05) is 19.8 Å². The first-order chi connectivity index (χ1) is 14.4. The number of nitrogens with one attached hydrogen (secondary N) is 2. The van der Waals surface area contributed by atoms with Crippen molar-refractivity contribution in [3.8, 4) is 11.5 Å². The predicted octanol–water partition coefficient (Wildman–Crippen LogP) is 3.46. The Hall–Kier alpha value is -3.16. The summed E-state index contributed by atoms with van der Waals surface area (Å²) in [5.41, 5.74) is 0.411. The molecule has 0 aliphatic heterocycles. The second kappa shape index (κ2) is 11.7. The van der Waals surface area contributed by atoms with Gasteiger partial charge in [0.05, 0.1) is 19.2 Å². The number of benzene rings is 2. The molecule has 2 amide bonds. The molecular formula is C22H26F2N2O4. The monoisotopic (exact) mass is 420 g/mol. The van der Waals surface area contributed by atoms with Crippen molar-refractivity contribution >= 4 is 11.8 Å². The van der Waals surface area contributed by atoms with Gasteiger partial charge in [0, 0.05) is 11.6 Å². The Kier molecular flexibility index (Phi) is 9.05. The van der Waals surface area contributed by atoms with Crippen LogP contribution in [0.5, 0.6) is 11.5 Å². The third-order valence-electron chi connectivity index (χ3n) is 4.08. The molecule has 1 atom stereocenters. The van der Waals surface area contributed by atoms with Crippen LogP contribution in [0.3, 0.4) is 0 Å². The van der Waals surface area contributed by atoms with Gasteiger partial charge < -0.3 is 20.1 Å². The highest BCUT2D eigenvalue weighted by Gasteiger charge is 2.12. The van der Waals surface area contributed by atoms with Crippen LogP contribution in [0.15, 0.2) is 42.5 Å². The molecule has 1 unspecified atom stereocenters. The van der Waals surface area contributed by atoms with Gasteiger partial charge in [0.15, 0.2) is 11.6 Å². The third kappa shape index (κ3) is 7.69. The molecule has 2 aromatic carbocycles. The highest BCUT2D eigenvalue weighted by atomic mass is 19.1. The molecule has 0 radical (unpaired) electrons. The maximum Gasteiger partial charge on any atom is 0.251 e. The maximum absolute atomic E-state index is 13.5. The van der Waals surface area contributed by atoms with E-state index >= 15 is 0 Å². The van der Waals surface area contributed by atoms with Crippen molar-refractivity contribution in [3.05, 3.63) is 59.7 Å². The van der Waals surface area contributed by atoms with Crippen LogP contribution in [0.1, 0.15) is 37.0 Å². The van der Waals surface area contributed by atoms with Gasteiger partial charge in [-0.15, -0.1) is 0 Å². The second-order valence-electron chi connectivity index (χ2n) is 6.76. The number of ether oxygens (including phenoxy) is 2. The van der Waals surface area contributed by atoms with Gasteiger partial charge in [-0.3, -0.25) is 9.59 Å². The summed E-state index contributed by atoms with van der Waals surface area (Å²) in [6.45, 7) is 4.13. The zero-order valence-electron chi connectivity index (χ0n) is 17.0. The van der Waals surface area contributed by atoms with Crippen LogP contribution < -0.4 is 20.1 Å². The summed E-state index contributed by atoms with van der Waals surface area (Å²) in [6, 6.07) is 9.21. The molecule has 162 valence electrons. The molecule has 0 fully saturated rings. The third-order valence-corrected chi connectivity index (χ3v) is 4.08. The van der Waals surface area contributed by atoms with Gasteiger partial charge in [0.25, 0.3) is 5.91 Å². The van der Waals surface area contributed by atoms with Crippen LogP contribution in [0.25, 0.3) is 0 Å². The molecular weight excluding hydrogens is 394 g/mol. The van der Waals surface area contributed by atoms with Crippen molar-refractivity contribution in [3.63, 3.8) is 0 Å². The molecule has 0 bridgehead atoms. The fourth-order valence-corrected chi connectivity index (χ4v) is 2.47. The van der Waals surface area contributed by atoms with E-state index in [4.69, 9.17) is 9.47 Å². The van der Waals surface area contributed by atoms with Gasteiger partial charge in [-0.05, 0) is 49.7 Å². The van der Waals surface area contributed by atoms with Gasteiger partial charge >= 0.3 is 0 Å². The molecule has 0 aliphatic carbocycles. The number of amides is 2. The summed E-state index contributed by atoms with van der Waals surface area (Å²) in [5.74, 6) is -1.74. The molecule has 2 rings (SSSR count). The summed E-state index contributed by atoms with van der Waals surface area (Å²) < 4.78 is 37.2. The van der Waals surface area contributed by atoms with Crippen molar-refractivity contribution in [1.82, 2.24) is 10.6 Å². The number of carbonyl (C=O) groups excluding carboxylic acids is 2. The fraction of sp³-hybridized carbons (Fsp3) is 0.364. The van der Waals surface area contributed by atoms with Crippen LogP contribution in [0, 0.1) is 11.6 Å². The number of unbranched alkanes of at least 4 members (excludes halogenated alkanes) is 1. The first kappa shape index (κ1) is 23.1. The van der Waals surface area contributed by atoms with E-state index < -0.39 is 23.6 Å². The minimum atomic E-state index is -0.817. The van der Waals surface area contributed by atoms with Gasteiger partial charge in [-0.25, -0.2) is 8.78 Å². The molecule has 0 aromatic heterocycles. The largest absolute Gasteiger partial charge is 0.494 e.